The molecule has 0 aliphatic carbocycles. The van der Waals surface area contributed by atoms with Crippen molar-refractivity contribution in [3.05, 3.63) is 0 Å². The number of thiocarbonyl (C=S) groups is 1. The van der Waals surface area contributed by atoms with Gasteiger partial charge in [0.2, 0.25) is 0 Å². The zero-order chi connectivity index (χ0) is 6.83. The summed E-state index contributed by atoms with van der Waals surface area (Å²) in [6.45, 7) is 2.98. The summed E-state index contributed by atoms with van der Waals surface area (Å²) in [5.74, 6) is 0. The summed E-state index contributed by atoms with van der Waals surface area (Å²) in [7, 11) is 0. The standard InChI is InChI=1S/C4H11N.CHNS/c1-2-3-4-5;2-1-3/h2-5H2,1H3;2H. The molecule has 0 rings (SSSR count). The van der Waals surface area contributed by atoms with Gasteiger partial charge in [-0.3, -0.25) is 0 Å². The van der Waals surface area contributed by atoms with Gasteiger partial charge < -0.3 is 5.73 Å². The van der Waals surface area contributed by atoms with Crippen LogP contribution in [0.1, 0.15) is 19.8 Å². The second-order valence-electron chi connectivity index (χ2n) is 1.24. The highest BCUT2D eigenvalue weighted by Crippen LogP contribution is 1.77. The van der Waals surface area contributed by atoms with Crippen molar-refractivity contribution >= 4 is 17.4 Å². The zero-order valence-electron chi connectivity index (χ0n) is 5.11. The minimum Gasteiger partial charge on any atom is -0.330 e. The molecule has 0 amide bonds. The molecule has 0 aliphatic rings. The summed E-state index contributed by atoms with van der Waals surface area (Å²) < 4.78 is 0. The van der Waals surface area contributed by atoms with Crippen molar-refractivity contribution in [2.75, 3.05) is 6.54 Å². The molecule has 2 nitrogen and oxygen atoms in total. The molecule has 48 valence electrons. The minimum atomic E-state index is 0.844. The molecule has 0 unspecified atom stereocenters. The third-order valence-electron chi connectivity index (χ3n) is 0.558. The van der Waals surface area contributed by atoms with E-state index in [1.807, 2.05) is 0 Å². The number of unbranched alkanes of at least 4 members (excludes halogenated alkanes) is 1. The van der Waals surface area contributed by atoms with E-state index in [-0.39, 0.29) is 0 Å². The second-order valence-corrected chi connectivity index (χ2v) is 1.45. The van der Waals surface area contributed by atoms with E-state index in [0.29, 0.717) is 0 Å². The Kier molecular flexibility index (Phi) is 21.2. The average molecular weight is 132 g/mol. The van der Waals surface area contributed by atoms with Gasteiger partial charge in [0.1, 0.15) is 0 Å². The van der Waals surface area contributed by atoms with Crippen LogP contribution in [-0.2, 0) is 0 Å². The van der Waals surface area contributed by atoms with E-state index in [1.165, 1.54) is 12.8 Å². The van der Waals surface area contributed by atoms with Crippen LogP contribution in [0, 0.1) is 5.41 Å². The number of nitrogens with two attached hydrogens (primary N) is 1. The van der Waals surface area contributed by atoms with Gasteiger partial charge in [-0.1, -0.05) is 13.3 Å². The van der Waals surface area contributed by atoms with Crippen LogP contribution in [0.15, 0.2) is 0 Å². The smallest absolute Gasteiger partial charge is 0.0554 e. The van der Waals surface area contributed by atoms with Gasteiger partial charge in [0.25, 0.3) is 0 Å². The van der Waals surface area contributed by atoms with Crippen molar-refractivity contribution in [3.8, 4) is 0 Å². The molecule has 3 N–H and O–H groups in total. The lowest BCUT2D eigenvalue weighted by Gasteiger charge is -1.80. The molecule has 0 bridgehead atoms. The summed E-state index contributed by atoms with van der Waals surface area (Å²) in [6, 6.07) is 0. The van der Waals surface area contributed by atoms with Gasteiger partial charge >= 0.3 is 0 Å². The Balaban J connectivity index is 0. The molecule has 0 spiro atoms. The molecule has 0 saturated carbocycles. The number of nitrogens with one attached hydrogen (secondary N) is 1. The molecule has 0 aromatic heterocycles. The van der Waals surface area contributed by atoms with E-state index in [0.717, 1.165) is 6.54 Å². The Hall–Kier alpha value is -0.240. The summed E-state index contributed by atoms with van der Waals surface area (Å²) in [6.07, 6.45) is 2.39. The van der Waals surface area contributed by atoms with Crippen molar-refractivity contribution in [1.29, 1.82) is 5.41 Å². The lowest BCUT2D eigenvalue weighted by Crippen LogP contribution is -1.95. The van der Waals surface area contributed by atoms with Gasteiger partial charge in [-0.2, -0.15) is 0 Å². The van der Waals surface area contributed by atoms with Gasteiger partial charge in [-0.25, -0.2) is 5.41 Å². The first kappa shape index (κ1) is 10.7. The van der Waals surface area contributed by atoms with Crippen molar-refractivity contribution in [1.82, 2.24) is 0 Å². The van der Waals surface area contributed by atoms with E-state index in [4.69, 9.17) is 11.1 Å². The van der Waals surface area contributed by atoms with Gasteiger partial charge in [-0.05, 0) is 25.2 Å². The van der Waals surface area contributed by atoms with E-state index in [2.05, 4.69) is 19.1 Å². The molecule has 0 aliphatic heterocycles. The maximum absolute atomic E-state index is 5.77. The van der Waals surface area contributed by atoms with Crippen LogP contribution in [0.5, 0.6) is 0 Å². The first-order chi connectivity index (χ1) is 3.83. The van der Waals surface area contributed by atoms with Gasteiger partial charge in [0, 0.05) is 0 Å². The molecule has 0 aromatic carbocycles. The summed E-state index contributed by atoms with van der Waals surface area (Å²) in [5.41, 5.74) is 5.14. The lowest BCUT2D eigenvalue weighted by atomic mass is 10.3. The second kappa shape index (κ2) is 15.9. The third-order valence-corrected chi connectivity index (χ3v) is 0.558. The Bertz CT molecular complexity index is 55.4. The maximum Gasteiger partial charge on any atom is 0.0554 e. The Morgan fingerprint density at radius 1 is 1.75 bits per heavy atom. The van der Waals surface area contributed by atoms with E-state index >= 15 is 0 Å². The Labute approximate surface area is 55.6 Å². The molecule has 3 heteroatoms. The molecular weight excluding hydrogens is 120 g/mol. The fourth-order valence-corrected chi connectivity index (χ4v) is 0.204. The largest absolute Gasteiger partial charge is 0.330 e. The normalized spacial score (nSPS) is 6.25. The van der Waals surface area contributed by atoms with Crippen LogP contribution in [0.25, 0.3) is 0 Å². The van der Waals surface area contributed by atoms with Gasteiger partial charge in [0.15, 0.2) is 0 Å². The fraction of sp³-hybridized carbons (Fsp3) is 0.800. The SMILES string of the molecule is CCCCN.N=C=S. The van der Waals surface area contributed by atoms with E-state index in [9.17, 15) is 0 Å². The van der Waals surface area contributed by atoms with Crippen molar-refractivity contribution in [3.63, 3.8) is 0 Å². The number of rotatable bonds is 2. The minimum absolute atomic E-state index is 0.844. The maximum atomic E-state index is 5.77. The van der Waals surface area contributed by atoms with Crippen LogP contribution in [0.2, 0.25) is 0 Å². The van der Waals surface area contributed by atoms with Crippen molar-refractivity contribution < 1.29 is 0 Å². The van der Waals surface area contributed by atoms with Crippen LogP contribution in [0.4, 0.5) is 0 Å². The third kappa shape index (κ3) is 42.1. The highest BCUT2D eigenvalue weighted by atomic mass is 32.1. The number of isothiocyanates is 1. The summed E-state index contributed by atoms with van der Waals surface area (Å²) in [4.78, 5) is 0. The van der Waals surface area contributed by atoms with Crippen molar-refractivity contribution in [2.45, 2.75) is 19.8 Å². The molecule has 0 radical (unpaired) electrons. The van der Waals surface area contributed by atoms with E-state index in [1.54, 1.807) is 5.16 Å². The highest BCUT2D eigenvalue weighted by molar-refractivity contribution is 7.78. The first-order valence-corrected chi connectivity index (χ1v) is 2.98. The number of hydrogen-bond acceptors (Lipinski definition) is 3. The zero-order valence-corrected chi connectivity index (χ0v) is 5.92. The van der Waals surface area contributed by atoms with E-state index < -0.39 is 0 Å². The molecule has 0 fully saturated rings. The van der Waals surface area contributed by atoms with Crippen LogP contribution >= 0.6 is 12.2 Å². The molecule has 0 saturated heterocycles. The molecule has 0 atom stereocenters. The Morgan fingerprint density at radius 2 is 2.12 bits per heavy atom. The predicted octanol–water partition coefficient (Wildman–Crippen LogP) is 1.41. The van der Waals surface area contributed by atoms with Crippen LogP contribution in [-0.4, -0.2) is 11.7 Å². The molecule has 8 heavy (non-hydrogen) atoms. The van der Waals surface area contributed by atoms with Crippen molar-refractivity contribution in [2.24, 2.45) is 5.73 Å². The molecule has 0 aromatic rings. The van der Waals surface area contributed by atoms with Crippen LogP contribution in [0.3, 0.4) is 0 Å². The monoisotopic (exact) mass is 132 g/mol. The van der Waals surface area contributed by atoms with Gasteiger partial charge in [0.05, 0.1) is 5.16 Å². The average Bonchev–Trinajstić information content (AvgIpc) is 1.71. The first-order valence-electron chi connectivity index (χ1n) is 2.57. The lowest BCUT2D eigenvalue weighted by molar-refractivity contribution is 0.807. The summed E-state index contributed by atoms with van der Waals surface area (Å²) in [5, 5.41) is 7.36. The molecule has 0 heterocycles. The summed E-state index contributed by atoms with van der Waals surface area (Å²) >= 11 is 3.81. The van der Waals surface area contributed by atoms with Crippen LogP contribution < -0.4 is 5.73 Å². The Morgan fingerprint density at radius 3 is 2.12 bits per heavy atom. The number of hydrogen-bond donors (Lipinski definition) is 2. The van der Waals surface area contributed by atoms with Gasteiger partial charge in [-0.15, -0.1) is 0 Å². The quantitative estimate of drug-likeness (QED) is 0.441. The molecular formula is C5H12N2S. The topological polar surface area (TPSA) is 49.9 Å². The predicted molar refractivity (Wildman–Crippen MR) is 39.3 cm³/mol. The fourth-order valence-electron chi connectivity index (χ4n) is 0.204. The highest BCUT2D eigenvalue weighted by Gasteiger charge is 1.67.